The monoisotopic (exact) mass is 635 g/mol. The third-order valence-corrected chi connectivity index (χ3v) is 6.78. The normalized spacial score (nSPS) is 14.4. The number of carboxylic acids is 3. The highest BCUT2D eigenvalue weighted by Gasteiger charge is 2.33. The predicted octanol–water partition coefficient (Wildman–Crippen LogP) is -0.0698. The lowest BCUT2D eigenvalue weighted by molar-refractivity contribution is -0.147. The summed E-state index contributed by atoms with van der Waals surface area (Å²) in [4.78, 5) is 86.3. The number of rotatable bonds is 19. The van der Waals surface area contributed by atoms with Crippen molar-refractivity contribution in [3.05, 3.63) is 35.4 Å². The summed E-state index contributed by atoms with van der Waals surface area (Å²) in [5.41, 5.74) is 7.34. The van der Waals surface area contributed by atoms with Crippen LogP contribution in [0.25, 0.3) is 0 Å². The van der Waals surface area contributed by atoms with Crippen LogP contribution in [0.4, 0.5) is 0 Å². The third kappa shape index (κ3) is 14.2. The Kier molecular flexibility index (Phi) is 15.7. The molecule has 0 unspecified atom stereocenters. The molecule has 1 aromatic rings. The van der Waals surface area contributed by atoms with Crippen LogP contribution in [0, 0.1) is 18.8 Å². The number of nitrogens with two attached hydrogens (primary N) is 1. The van der Waals surface area contributed by atoms with Crippen molar-refractivity contribution in [2.24, 2.45) is 17.6 Å². The summed E-state index contributed by atoms with van der Waals surface area (Å²) < 4.78 is 0. The topological polar surface area (TPSA) is 254 Å². The molecule has 0 fully saturated rings. The lowest BCUT2D eigenvalue weighted by atomic mass is 9.98. The van der Waals surface area contributed by atoms with E-state index in [1.54, 1.807) is 52.0 Å². The highest BCUT2D eigenvalue weighted by atomic mass is 16.4. The fraction of sp³-hybridized carbons (Fsp3) is 0.567. The Hall–Kier alpha value is -4.53. The van der Waals surface area contributed by atoms with Crippen LogP contribution in [-0.4, -0.2) is 87.1 Å². The van der Waals surface area contributed by atoms with Gasteiger partial charge in [0.15, 0.2) is 0 Å². The number of carbonyl (C=O) groups excluding carboxylic acids is 4. The van der Waals surface area contributed by atoms with E-state index in [9.17, 15) is 38.7 Å². The lowest BCUT2D eigenvalue weighted by Crippen LogP contribution is -2.60. The van der Waals surface area contributed by atoms with Crippen molar-refractivity contribution in [1.29, 1.82) is 0 Å². The molecule has 0 saturated heterocycles. The molecule has 0 heterocycles. The number of carbonyl (C=O) groups is 7. The van der Waals surface area contributed by atoms with Crippen LogP contribution >= 0.6 is 0 Å². The van der Waals surface area contributed by atoms with Crippen molar-refractivity contribution in [2.75, 3.05) is 0 Å². The number of nitrogens with one attached hydrogen (secondary N) is 4. The molecule has 250 valence electrons. The van der Waals surface area contributed by atoms with Crippen molar-refractivity contribution < 1.29 is 48.9 Å². The second-order valence-corrected chi connectivity index (χ2v) is 11.7. The Morgan fingerprint density at radius 1 is 0.711 bits per heavy atom. The molecule has 15 nitrogen and oxygen atoms in total. The molecule has 0 aromatic heterocycles. The second-order valence-electron chi connectivity index (χ2n) is 11.7. The summed E-state index contributed by atoms with van der Waals surface area (Å²) in [6.07, 6.45) is -1.32. The number of amides is 4. The molecule has 1 aromatic carbocycles. The van der Waals surface area contributed by atoms with Gasteiger partial charge in [0, 0.05) is 12.8 Å². The van der Waals surface area contributed by atoms with Gasteiger partial charge in [-0.25, -0.2) is 4.79 Å². The minimum absolute atomic E-state index is 0.0709. The van der Waals surface area contributed by atoms with Gasteiger partial charge in [0.25, 0.3) is 0 Å². The van der Waals surface area contributed by atoms with Gasteiger partial charge >= 0.3 is 17.9 Å². The number of hydrogen-bond acceptors (Lipinski definition) is 8. The van der Waals surface area contributed by atoms with Gasteiger partial charge in [-0.05, 0) is 37.2 Å². The minimum Gasteiger partial charge on any atom is -0.481 e. The largest absolute Gasteiger partial charge is 0.481 e. The first kappa shape index (κ1) is 38.5. The van der Waals surface area contributed by atoms with E-state index in [1.807, 2.05) is 6.92 Å². The average Bonchev–Trinajstić information content (AvgIpc) is 2.93. The zero-order valence-corrected chi connectivity index (χ0v) is 26.2. The number of aliphatic carboxylic acids is 3. The molecular formula is C30H45N5O10. The Morgan fingerprint density at radius 3 is 1.73 bits per heavy atom. The molecule has 0 radical (unpaired) electrons. The molecule has 4 amide bonds. The lowest BCUT2D eigenvalue weighted by Gasteiger charge is -2.28. The summed E-state index contributed by atoms with van der Waals surface area (Å²) in [5.74, 6) is -7.86. The third-order valence-electron chi connectivity index (χ3n) is 6.78. The summed E-state index contributed by atoms with van der Waals surface area (Å²) in [6.45, 7) is 8.77. The molecule has 0 aliphatic heterocycles. The fourth-order valence-electron chi connectivity index (χ4n) is 4.26. The van der Waals surface area contributed by atoms with Gasteiger partial charge in [0.1, 0.15) is 24.2 Å². The van der Waals surface area contributed by atoms with Crippen LogP contribution in [-0.2, 0) is 40.0 Å². The van der Waals surface area contributed by atoms with Crippen LogP contribution in [0.1, 0.15) is 64.5 Å². The van der Waals surface area contributed by atoms with E-state index in [0.717, 1.165) is 5.56 Å². The molecule has 0 aliphatic carbocycles. The van der Waals surface area contributed by atoms with Crippen LogP contribution in [0.3, 0.4) is 0 Å². The minimum atomic E-state index is -1.75. The first-order valence-corrected chi connectivity index (χ1v) is 14.6. The first-order chi connectivity index (χ1) is 20.9. The first-order valence-electron chi connectivity index (χ1n) is 14.6. The van der Waals surface area contributed by atoms with E-state index in [1.165, 1.54) is 0 Å². The van der Waals surface area contributed by atoms with Crippen LogP contribution in [0.15, 0.2) is 24.3 Å². The van der Waals surface area contributed by atoms with Gasteiger partial charge in [-0.15, -0.1) is 0 Å². The van der Waals surface area contributed by atoms with E-state index >= 15 is 0 Å². The SMILES string of the molecule is Cc1ccc(C[C@H](NC(=O)[C@H](CC(C)C)NC(=O)[C@@H](NC(=O)[C@@H](N)CCC(=O)O)C(C)C)C(=O)N[C@@H](CC(=O)O)C(=O)O)cc1. The van der Waals surface area contributed by atoms with E-state index in [-0.39, 0.29) is 31.6 Å². The molecule has 0 bridgehead atoms. The van der Waals surface area contributed by atoms with E-state index in [0.29, 0.717) is 5.56 Å². The maximum Gasteiger partial charge on any atom is 0.326 e. The predicted molar refractivity (Wildman–Crippen MR) is 162 cm³/mol. The van der Waals surface area contributed by atoms with Crippen molar-refractivity contribution in [3.8, 4) is 0 Å². The number of hydrogen-bond donors (Lipinski definition) is 8. The summed E-state index contributed by atoms with van der Waals surface area (Å²) in [5, 5.41) is 37.2. The molecule has 45 heavy (non-hydrogen) atoms. The second kappa shape index (κ2) is 18.3. The molecule has 9 N–H and O–H groups in total. The molecular weight excluding hydrogens is 590 g/mol. The molecule has 0 spiro atoms. The number of benzene rings is 1. The zero-order valence-electron chi connectivity index (χ0n) is 26.2. The van der Waals surface area contributed by atoms with Gasteiger partial charge in [-0.3, -0.25) is 28.8 Å². The summed E-state index contributed by atoms with van der Waals surface area (Å²) in [6, 6.07) is 0.427. The van der Waals surface area contributed by atoms with E-state index < -0.39 is 84.1 Å². The van der Waals surface area contributed by atoms with Gasteiger partial charge < -0.3 is 42.3 Å². The van der Waals surface area contributed by atoms with E-state index in [2.05, 4.69) is 21.3 Å². The van der Waals surface area contributed by atoms with Gasteiger partial charge in [0.05, 0.1) is 12.5 Å². The maximum atomic E-state index is 13.6. The Balaban J connectivity index is 3.23. The molecule has 0 aliphatic rings. The number of carboxylic acid groups (broad SMARTS) is 3. The summed E-state index contributed by atoms with van der Waals surface area (Å²) >= 11 is 0. The fourth-order valence-corrected chi connectivity index (χ4v) is 4.26. The molecule has 5 atom stereocenters. The average molecular weight is 636 g/mol. The van der Waals surface area contributed by atoms with Crippen molar-refractivity contribution in [1.82, 2.24) is 21.3 Å². The van der Waals surface area contributed by atoms with Gasteiger partial charge in [0.2, 0.25) is 23.6 Å². The van der Waals surface area contributed by atoms with E-state index in [4.69, 9.17) is 15.9 Å². The smallest absolute Gasteiger partial charge is 0.326 e. The zero-order chi connectivity index (χ0) is 34.4. The Labute approximate surface area is 261 Å². The van der Waals surface area contributed by atoms with Gasteiger partial charge in [-0.1, -0.05) is 57.5 Å². The Morgan fingerprint density at radius 2 is 1.24 bits per heavy atom. The highest BCUT2D eigenvalue weighted by molar-refractivity contribution is 5.96. The van der Waals surface area contributed by atoms with Crippen molar-refractivity contribution in [3.63, 3.8) is 0 Å². The standard InChI is InChI=1S/C30H45N5O10/c1-15(2)12-20(33-29(43)25(16(3)4)35-26(40)19(31)10-11-23(36)37)27(41)32-21(13-18-8-6-17(5)7-9-18)28(42)34-22(30(44)45)14-24(38)39/h6-9,15-16,19-22,25H,10-14,31H2,1-5H3,(H,32,41)(H,33,43)(H,34,42)(H,35,40)(H,36,37)(H,38,39)(H,44,45)/t19-,20-,21-,22-,25-/m0/s1. The molecule has 1 rings (SSSR count). The quantitative estimate of drug-likeness (QED) is 0.0998. The van der Waals surface area contributed by atoms with Crippen LogP contribution in [0.2, 0.25) is 0 Å². The number of aryl methyl sites for hydroxylation is 1. The summed E-state index contributed by atoms with van der Waals surface area (Å²) in [7, 11) is 0. The Bertz CT molecular complexity index is 1220. The van der Waals surface area contributed by atoms with Gasteiger partial charge in [-0.2, -0.15) is 0 Å². The van der Waals surface area contributed by atoms with Crippen LogP contribution in [0.5, 0.6) is 0 Å². The van der Waals surface area contributed by atoms with Crippen molar-refractivity contribution >= 4 is 41.5 Å². The molecule has 15 heteroatoms. The van der Waals surface area contributed by atoms with Crippen LogP contribution < -0.4 is 27.0 Å². The molecule has 0 saturated carbocycles. The highest BCUT2D eigenvalue weighted by Crippen LogP contribution is 2.11. The van der Waals surface area contributed by atoms with Crippen molar-refractivity contribution in [2.45, 2.75) is 96.9 Å². The maximum absolute atomic E-state index is 13.6.